The molecule has 0 saturated carbocycles. The average molecular weight is 316 g/mol. The van der Waals surface area contributed by atoms with Crippen molar-refractivity contribution in [2.24, 2.45) is 5.92 Å². The first-order valence-electron chi connectivity index (χ1n) is 6.93. The molecule has 0 spiro atoms. The van der Waals surface area contributed by atoms with Crippen LogP contribution >= 0.6 is 23.2 Å². The SMILES string of the molecule is CCOC(=O)[C@H]1CCCN(Cc2c(Cl)cccc2Cl)C1. The Hall–Kier alpha value is -0.770. The summed E-state index contributed by atoms with van der Waals surface area (Å²) in [6, 6.07) is 5.52. The molecule has 1 aliphatic rings. The van der Waals surface area contributed by atoms with Gasteiger partial charge in [-0.3, -0.25) is 9.69 Å². The first-order valence-corrected chi connectivity index (χ1v) is 7.69. The molecule has 0 unspecified atom stereocenters. The lowest BCUT2D eigenvalue weighted by Crippen LogP contribution is -2.39. The number of rotatable bonds is 4. The number of halogens is 2. The Morgan fingerprint density at radius 2 is 2.10 bits per heavy atom. The fraction of sp³-hybridized carbons (Fsp3) is 0.533. The molecule has 1 heterocycles. The number of hydrogen-bond donors (Lipinski definition) is 0. The molecule has 0 amide bonds. The summed E-state index contributed by atoms with van der Waals surface area (Å²) in [5.41, 5.74) is 0.931. The lowest BCUT2D eigenvalue weighted by Gasteiger charge is -2.31. The summed E-state index contributed by atoms with van der Waals surface area (Å²) in [5, 5.41) is 1.35. The van der Waals surface area contributed by atoms with Gasteiger partial charge in [-0.15, -0.1) is 0 Å². The third-order valence-electron chi connectivity index (χ3n) is 3.57. The van der Waals surface area contributed by atoms with Gasteiger partial charge in [-0.2, -0.15) is 0 Å². The summed E-state index contributed by atoms with van der Waals surface area (Å²) >= 11 is 12.4. The largest absolute Gasteiger partial charge is 0.466 e. The standard InChI is InChI=1S/C15H19Cl2NO2/c1-2-20-15(19)11-5-4-8-18(9-11)10-12-13(16)6-3-7-14(12)17/h3,6-7,11H,2,4-5,8-10H2,1H3/t11-/m0/s1. The summed E-state index contributed by atoms with van der Waals surface area (Å²) in [5.74, 6) is -0.132. The van der Waals surface area contributed by atoms with E-state index < -0.39 is 0 Å². The summed E-state index contributed by atoms with van der Waals surface area (Å²) in [7, 11) is 0. The van der Waals surface area contributed by atoms with E-state index in [1.54, 1.807) is 0 Å². The lowest BCUT2D eigenvalue weighted by molar-refractivity contribution is -0.150. The van der Waals surface area contributed by atoms with Crippen LogP contribution in [0.15, 0.2) is 18.2 Å². The van der Waals surface area contributed by atoms with Crippen LogP contribution in [0, 0.1) is 5.92 Å². The fourth-order valence-corrected chi connectivity index (χ4v) is 3.08. The number of benzene rings is 1. The molecule has 1 aliphatic heterocycles. The Labute approximate surface area is 129 Å². The van der Waals surface area contributed by atoms with Crippen molar-refractivity contribution in [1.29, 1.82) is 0 Å². The highest BCUT2D eigenvalue weighted by Gasteiger charge is 2.27. The van der Waals surface area contributed by atoms with Gasteiger partial charge >= 0.3 is 5.97 Å². The van der Waals surface area contributed by atoms with Crippen LogP contribution in [0.4, 0.5) is 0 Å². The molecular weight excluding hydrogens is 297 g/mol. The third kappa shape index (κ3) is 3.87. The minimum Gasteiger partial charge on any atom is -0.466 e. The average Bonchev–Trinajstić information content (AvgIpc) is 2.44. The first kappa shape index (κ1) is 15.6. The molecule has 1 saturated heterocycles. The molecule has 0 N–H and O–H groups in total. The van der Waals surface area contributed by atoms with Crippen molar-refractivity contribution in [2.75, 3.05) is 19.7 Å². The number of hydrogen-bond acceptors (Lipinski definition) is 3. The molecular formula is C15H19Cl2NO2. The molecule has 110 valence electrons. The minimum atomic E-state index is -0.0949. The second kappa shape index (κ2) is 7.30. The number of carbonyl (C=O) groups excluding carboxylic acids is 1. The minimum absolute atomic E-state index is 0.0371. The number of piperidine rings is 1. The van der Waals surface area contributed by atoms with Gasteiger partial charge in [0.15, 0.2) is 0 Å². The number of esters is 1. The fourth-order valence-electron chi connectivity index (χ4n) is 2.56. The van der Waals surface area contributed by atoms with E-state index in [1.165, 1.54) is 0 Å². The van der Waals surface area contributed by atoms with E-state index in [0.29, 0.717) is 29.7 Å². The maximum Gasteiger partial charge on any atom is 0.310 e. The normalized spacial score (nSPS) is 19.9. The predicted octanol–water partition coefficient (Wildman–Crippen LogP) is 3.77. The Balaban J connectivity index is 2.01. The van der Waals surface area contributed by atoms with E-state index in [2.05, 4.69) is 4.90 Å². The molecule has 2 rings (SSSR count). The van der Waals surface area contributed by atoms with E-state index in [9.17, 15) is 4.79 Å². The number of likely N-dealkylation sites (tertiary alicyclic amines) is 1. The summed E-state index contributed by atoms with van der Waals surface area (Å²) < 4.78 is 5.11. The maximum atomic E-state index is 11.8. The van der Waals surface area contributed by atoms with Gasteiger partial charge in [0.1, 0.15) is 0 Å². The highest BCUT2D eigenvalue weighted by molar-refractivity contribution is 6.35. The Kier molecular flexibility index (Phi) is 5.70. The van der Waals surface area contributed by atoms with Crippen molar-refractivity contribution < 1.29 is 9.53 Å². The van der Waals surface area contributed by atoms with Crippen LogP contribution in [-0.4, -0.2) is 30.6 Å². The zero-order chi connectivity index (χ0) is 14.5. The zero-order valence-electron chi connectivity index (χ0n) is 11.6. The maximum absolute atomic E-state index is 11.8. The second-order valence-electron chi connectivity index (χ2n) is 5.03. The zero-order valence-corrected chi connectivity index (χ0v) is 13.1. The van der Waals surface area contributed by atoms with Gasteiger partial charge in [-0.1, -0.05) is 29.3 Å². The van der Waals surface area contributed by atoms with Crippen LogP contribution < -0.4 is 0 Å². The first-order chi connectivity index (χ1) is 9.61. The van der Waals surface area contributed by atoms with Crippen LogP contribution in [0.2, 0.25) is 10.0 Å². The highest BCUT2D eigenvalue weighted by Crippen LogP contribution is 2.27. The highest BCUT2D eigenvalue weighted by atomic mass is 35.5. The summed E-state index contributed by atoms with van der Waals surface area (Å²) in [6.45, 7) is 4.61. The number of carbonyl (C=O) groups is 1. The van der Waals surface area contributed by atoms with E-state index in [0.717, 1.165) is 24.9 Å². The van der Waals surface area contributed by atoms with Gasteiger partial charge < -0.3 is 4.74 Å². The molecule has 0 radical (unpaired) electrons. The van der Waals surface area contributed by atoms with Crippen LogP contribution in [0.25, 0.3) is 0 Å². The van der Waals surface area contributed by atoms with E-state index in [4.69, 9.17) is 27.9 Å². The summed E-state index contributed by atoms with van der Waals surface area (Å²) in [4.78, 5) is 14.0. The van der Waals surface area contributed by atoms with Gasteiger partial charge in [-0.25, -0.2) is 0 Å². The Bertz CT molecular complexity index is 459. The van der Waals surface area contributed by atoms with Gasteiger partial charge in [0.05, 0.1) is 12.5 Å². The molecule has 1 aromatic carbocycles. The third-order valence-corrected chi connectivity index (χ3v) is 4.28. The molecule has 3 nitrogen and oxygen atoms in total. The van der Waals surface area contributed by atoms with Crippen molar-refractivity contribution in [3.63, 3.8) is 0 Å². The molecule has 0 aliphatic carbocycles. The molecule has 1 fully saturated rings. The lowest BCUT2D eigenvalue weighted by atomic mass is 9.97. The predicted molar refractivity (Wildman–Crippen MR) is 81.1 cm³/mol. The topological polar surface area (TPSA) is 29.5 Å². The molecule has 5 heteroatoms. The van der Waals surface area contributed by atoms with Crippen LogP contribution in [0.1, 0.15) is 25.3 Å². The second-order valence-corrected chi connectivity index (χ2v) is 5.84. The number of nitrogens with zero attached hydrogens (tertiary/aromatic N) is 1. The van der Waals surface area contributed by atoms with E-state index in [1.807, 2.05) is 25.1 Å². The van der Waals surface area contributed by atoms with Gasteiger partial charge in [0.2, 0.25) is 0 Å². The van der Waals surface area contributed by atoms with Gasteiger partial charge in [-0.05, 0) is 38.4 Å². The number of ether oxygens (including phenoxy) is 1. The van der Waals surface area contributed by atoms with Crippen LogP contribution in [0.3, 0.4) is 0 Å². The Morgan fingerprint density at radius 1 is 1.40 bits per heavy atom. The van der Waals surface area contributed by atoms with Crippen LogP contribution in [-0.2, 0) is 16.1 Å². The smallest absolute Gasteiger partial charge is 0.310 e. The molecule has 0 bridgehead atoms. The van der Waals surface area contributed by atoms with Crippen molar-refractivity contribution >= 4 is 29.2 Å². The van der Waals surface area contributed by atoms with Gasteiger partial charge in [0.25, 0.3) is 0 Å². The summed E-state index contributed by atoms with van der Waals surface area (Å²) in [6.07, 6.45) is 1.89. The van der Waals surface area contributed by atoms with E-state index >= 15 is 0 Å². The monoisotopic (exact) mass is 315 g/mol. The van der Waals surface area contributed by atoms with Crippen LogP contribution in [0.5, 0.6) is 0 Å². The Morgan fingerprint density at radius 3 is 2.75 bits per heavy atom. The quantitative estimate of drug-likeness (QED) is 0.792. The molecule has 20 heavy (non-hydrogen) atoms. The van der Waals surface area contributed by atoms with E-state index in [-0.39, 0.29) is 11.9 Å². The molecule has 0 aromatic heterocycles. The van der Waals surface area contributed by atoms with Crippen molar-refractivity contribution in [2.45, 2.75) is 26.3 Å². The van der Waals surface area contributed by atoms with Crippen molar-refractivity contribution in [1.82, 2.24) is 4.90 Å². The van der Waals surface area contributed by atoms with Gasteiger partial charge in [0, 0.05) is 28.7 Å². The molecule has 1 aromatic rings. The van der Waals surface area contributed by atoms with Crippen molar-refractivity contribution in [3.05, 3.63) is 33.8 Å². The molecule has 1 atom stereocenters. The van der Waals surface area contributed by atoms with Crippen molar-refractivity contribution in [3.8, 4) is 0 Å².